The lowest BCUT2D eigenvalue weighted by Gasteiger charge is -2.26. The van der Waals surface area contributed by atoms with Crippen LogP contribution in [-0.2, 0) is 27.6 Å². The third-order valence-corrected chi connectivity index (χ3v) is 7.47. The Morgan fingerprint density at radius 2 is 1.72 bits per heavy atom. The number of fused-ring (bicyclic) bond motifs is 1. The zero-order chi connectivity index (χ0) is 26.2. The van der Waals surface area contributed by atoms with Crippen molar-refractivity contribution in [1.29, 1.82) is 0 Å². The van der Waals surface area contributed by atoms with E-state index >= 15 is 0 Å². The molecule has 2 heterocycles. The van der Waals surface area contributed by atoms with Crippen molar-refractivity contribution in [3.63, 3.8) is 0 Å². The molecule has 0 radical (unpaired) electrons. The molecule has 1 fully saturated rings. The molecule has 1 aromatic heterocycles. The molecule has 11 heteroatoms. The number of aromatic nitrogens is 2. The molecule has 1 aliphatic rings. The van der Waals surface area contributed by atoms with Crippen LogP contribution in [0.2, 0.25) is 10.0 Å². The number of amides is 1. The van der Waals surface area contributed by atoms with E-state index in [4.69, 9.17) is 27.9 Å². The van der Waals surface area contributed by atoms with E-state index in [0.29, 0.717) is 37.2 Å². The van der Waals surface area contributed by atoms with E-state index in [-0.39, 0.29) is 12.5 Å². The fourth-order valence-corrected chi connectivity index (χ4v) is 6.02. The first-order chi connectivity index (χ1) is 16.9. The van der Waals surface area contributed by atoms with Gasteiger partial charge in [-0.05, 0) is 70.0 Å². The van der Waals surface area contributed by atoms with Crippen LogP contribution in [0.3, 0.4) is 0 Å². The smallest absolute Gasteiger partial charge is 0.327 e. The van der Waals surface area contributed by atoms with E-state index in [9.17, 15) is 13.8 Å². The standard InChI is InChI=1S/C25H28Cl2N4O4S/c1-25(2,3)35-22(32)15-31(36(34)19-12-16(26)11-17(27)13-19)18-7-8-20-21(14-18)29(4)28-23(20)24(33)30-9-5-6-10-30/h7-8,11-14H,5-6,9-10,15H2,1-4H3. The van der Waals surface area contributed by atoms with Gasteiger partial charge in [-0.3, -0.25) is 18.6 Å². The minimum absolute atomic E-state index is 0.103. The van der Waals surface area contributed by atoms with Crippen molar-refractivity contribution in [3.8, 4) is 0 Å². The largest absolute Gasteiger partial charge is 0.459 e. The number of carbonyl (C=O) groups is 2. The number of aryl methyl sites for hydroxylation is 1. The molecule has 1 saturated heterocycles. The molecule has 36 heavy (non-hydrogen) atoms. The number of halogens is 2. The number of ether oxygens (including phenoxy) is 1. The van der Waals surface area contributed by atoms with E-state index in [1.807, 2.05) is 4.90 Å². The highest BCUT2D eigenvalue weighted by molar-refractivity contribution is 7.86. The number of carbonyl (C=O) groups excluding carboxylic acids is 2. The van der Waals surface area contributed by atoms with Crippen LogP contribution in [-0.4, -0.2) is 56.0 Å². The van der Waals surface area contributed by atoms with Gasteiger partial charge in [0.15, 0.2) is 16.7 Å². The van der Waals surface area contributed by atoms with Crippen LogP contribution in [0.5, 0.6) is 0 Å². The summed E-state index contributed by atoms with van der Waals surface area (Å²) < 4.78 is 22.2. The summed E-state index contributed by atoms with van der Waals surface area (Å²) in [6.45, 7) is 6.47. The minimum atomic E-state index is -1.84. The summed E-state index contributed by atoms with van der Waals surface area (Å²) >= 11 is 12.3. The summed E-state index contributed by atoms with van der Waals surface area (Å²) in [6.07, 6.45) is 1.97. The third-order valence-electron chi connectivity index (χ3n) is 5.65. The molecule has 3 aromatic rings. The number of hydrogen-bond acceptors (Lipinski definition) is 5. The van der Waals surface area contributed by atoms with Gasteiger partial charge in [0.1, 0.15) is 12.1 Å². The number of esters is 1. The maximum absolute atomic E-state index is 13.7. The molecule has 0 N–H and O–H groups in total. The first-order valence-electron chi connectivity index (χ1n) is 11.6. The fraction of sp³-hybridized carbons (Fsp3) is 0.400. The van der Waals surface area contributed by atoms with Crippen LogP contribution in [0.25, 0.3) is 10.9 Å². The van der Waals surface area contributed by atoms with Crippen LogP contribution in [0.4, 0.5) is 5.69 Å². The molecule has 8 nitrogen and oxygen atoms in total. The highest BCUT2D eigenvalue weighted by atomic mass is 35.5. The number of benzene rings is 2. The van der Waals surface area contributed by atoms with Crippen LogP contribution >= 0.6 is 23.2 Å². The lowest BCUT2D eigenvalue weighted by molar-refractivity contribution is -0.152. The van der Waals surface area contributed by atoms with Crippen molar-refractivity contribution in [1.82, 2.24) is 14.7 Å². The Kier molecular flexibility index (Phi) is 7.64. The summed E-state index contributed by atoms with van der Waals surface area (Å²) in [6, 6.07) is 9.88. The summed E-state index contributed by atoms with van der Waals surface area (Å²) in [5, 5.41) is 5.82. The van der Waals surface area contributed by atoms with Crippen molar-refractivity contribution in [2.45, 2.75) is 44.1 Å². The molecule has 192 valence electrons. The van der Waals surface area contributed by atoms with E-state index in [2.05, 4.69) is 5.10 Å². The predicted octanol–water partition coefficient (Wildman–Crippen LogP) is 4.99. The van der Waals surface area contributed by atoms with Gasteiger partial charge in [0.25, 0.3) is 5.91 Å². The monoisotopic (exact) mass is 550 g/mol. The quantitative estimate of drug-likeness (QED) is 0.404. The average Bonchev–Trinajstić information content (AvgIpc) is 3.43. The normalized spacial score (nSPS) is 14.8. The van der Waals surface area contributed by atoms with Gasteiger partial charge in [-0.2, -0.15) is 5.10 Å². The summed E-state index contributed by atoms with van der Waals surface area (Å²) in [7, 11) is -0.0875. The summed E-state index contributed by atoms with van der Waals surface area (Å²) in [4.78, 5) is 27.9. The van der Waals surface area contributed by atoms with E-state index in [1.54, 1.807) is 68.9 Å². The maximum Gasteiger partial charge on any atom is 0.327 e. The third kappa shape index (κ3) is 5.85. The molecule has 1 atom stereocenters. The molecule has 0 spiro atoms. The van der Waals surface area contributed by atoms with Crippen molar-refractivity contribution in [2.24, 2.45) is 7.05 Å². The number of anilines is 1. The Hall–Kier alpha value is -2.62. The van der Waals surface area contributed by atoms with Crippen molar-refractivity contribution >= 4 is 62.7 Å². The Bertz CT molecular complexity index is 1330. The molecular formula is C25H28Cl2N4O4S. The average molecular weight is 551 g/mol. The molecule has 0 bridgehead atoms. The number of likely N-dealkylation sites (tertiary alicyclic amines) is 1. The van der Waals surface area contributed by atoms with E-state index in [1.165, 1.54) is 4.31 Å². The van der Waals surface area contributed by atoms with Crippen molar-refractivity contribution in [3.05, 3.63) is 52.1 Å². The number of nitrogens with zero attached hydrogens (tertiary/aromatic N) is 4. The Morgan fingerprint density at radius 1 is 1.08 bits per heavy atom. The molecule has 4 rings (SSSR count). The highest BCUT2D eigenvalue weighted by Gasteiger charge is 2.27. The van der Waals surface area contributed by atoms with Gasteiger partial charge in [0.05, 0.1) is 16.1 Å². The molecule has 1 unspecified atom stereocenters. The first-order valence-corrected chi connectivity index (χ1v) is 13.4. The Labute approximate surface area is 222 Å². The maximum atomic E-state index is 13.7. The molecule has 0 saturated carbocycles. The predicted molar refractivity (Wildman–Crippen MR) is 142 cm³/mol. The van der Waals surface area contributed by atoms with Crippen molar-refractivity contribution in [2.75, 3.05) is 23.9 Å². The van der Waals surface area contributed by atoms with Gasteiger partial charge < -0.3 is 9.64 Å². The number of rotatable bonds is 6. The second-order valence-electron chi connectivity index (χ2n) is 9.65. The van der Waals surface area contributed by atoms with Gasteiger partial charge in [-0.15, -0.1) is 0 Å². The lowest BCUT2D eigenvalue weighted by atomic mass is 10.1. The van der Waals surface area contributed by atoms with Gasteiger partial charge in [0, 0.05) is 35.6 Å². The van der Waals surface area contributed by atoms with Crippen LogP contribution in [0, 0.1) is 0 Å². The second kappa shape index (κ2) is 10.4. The van der Waals surface area contributed by atoms with Gasteiger partial charge in [-0.25, -0.2) is 4.21 Å². The SMILES string of the molecule is Cn1nc(C(=O)N2CCCC2)c2ccc(N(CC(=O)OC(C)(C)C)S(=O)c3cc(Cl)cc(Cl)c3)cc21. The fourth-order valence-electron chi connectivity index (χ4n) is 4.12. The zero-order valence-electron chi connectivity index (χ0n) is 20.6. The molecular weight excluding hydrogens is 523 g/mol. The highest BCUT2D eigenvalue weighted by Crippen LogP contribution is 2.30. The topological polar surface area (TPSA) is 84.7 Å². The first kappa shape index (κ1) is 26.4. The van der Waals surface area contributed by atoms with Gasteiger partial charge >= 0.3 is 5.97 Å². The lowest BCUT2D eigenvalue weighted by Crippen LogP contribution is -2.36. The summed E-state index contributed by atoms with van der Waals surface area (Å²) in [5.74, 6) is -0.646. The molecule has 2 aromatic carbocycles. The molecule has 1 aliphatic heterocycles. The Balaban J connectivity index is 1.74. The van der Waals surface area contributed by atoms with Gasteiger partial charge in [0.2, 0.25) is 0 Å². The van der Waals surface area contributed by atoms with Crippen LogP contribution in [0.1, 0.15) is 44.1 Å². The van der Waals surface area contributed by atoms with Crippen LogP contribution in [0.15, 0.2) is 41.3 Å². The van der Waals surface area contributed by atoms with Crippen LogP contribution < -0.4 is 4.31 Å². The van der Waals surface area contributed by atoms with E-state index < -0.39 is 22.6 Å². The molecule has 1 amide bonds. The Morgan fingerprint density at radius 3 is 2.33 bits per heavy atom. The molecule has 0 aliphatic carbocycles. The van der Waals surface area contributed by atoms with E-state index in [0.717, 1.165) is 25.9 Å². The van der Waals surface area contributed by atoms with Gasteiger partial charge in [-0.1, -0.05) is 23.2 Å². The number of hydrogen-bond donors (Lipinski definition) is 0. The van der Waals surface area contributed by atoms with Crippen molar-refractivity contribution < 1.29 is 18.5 Å². The minimum Gasteiger partial charge on any atom is -0.459 e. The zero-order valence-corrected chi connectivity index (χ0v) is 22.9. The summed E-state index contributed by atoms with van der Waals surface area (Å²) in [5.41, 5.74) is 0.833. The second-order valence-corrected chi connectivity index (χ2v) is 11.9.